The number of aryl methyl sites for hydroxylation is 1. The molecule has 1 atom stereocenters. The van der Waals surface area contributed by atoms with Crippen molar-refractivity contribution >= 4 is 5.91 Å². The zero-order chi connectivity index (χ0) is 16.8. The third-order valence-electron chi connectivity index (χ3n) is 4.64. The summed E-state index contributed by atoms with van der Waals surface area (Å²) in [7, 11) is 0. The highest BCUT2D eigenvalue weighted by Gasteiger charge is 2.20. The number of hydrogen-bond acceptors (Lipinski definition) is 4. The second kappa shape index (κ2) is 8.06. The molecule has 1 aliphatic rings. The van der Waals surface area contributed by atoms with E-state index >= 15 is 0 Å². The molecular formula is C18H25N5O. The molecule has 1 aliphatic heterocycles. The van der Waals surface area contributed by atoms with E-state index in [1.165, 1.54) is 17.5 Å². The van der Waals surface area contributed by atoms with Crippen LogP contribution in [-0.4, -0.2) is 44.7 Å². The van der Waals surface area contributed by atoms with Gasteiger partial charge in [0.05, 0.1) is 0 Å². The van der Waals surface area contributed by atoms with Crippen molar-refractivity contribution in [3.8, 4) is 0 Å². The molecular weight excluding hydrogens is 302 g/mol. The average molecular weight is 327 g/mol. The summed E-state index contributed by atoms with van der Waals surface area (Å²) in [4.78, 5) is 18.3. The SMILES string of the molecule is C[C@H](CNC(=O)CCCn1cncn1)N1CCc2ccccc2C1. The first-order valence-corrected chi connectivity index (χ1v) is 8.62. The minimum absolute atomic E-state index is 0.111. The lowest BCUT2D eigenvalue weighted by molar-refractivity contribution is -0.121. The van der Waals surface area contributed by atoms with Gasteiger partial charge in [0.15, 0.2) is 0 Å². The molecule has 1 aromatic carbocycles. The second-order valence-electron chi connectivity index (χ2n) is 6.40. The average Bonchev–Trinajstić information content (AvgIpc) is 3.12. The van der Waals surface area contributed by atoms with E-state index in [2.05, 4.69) is 51.5 Å². The summed E-state index contributed by atoms with van der Waals surface area (Å²) in [6, 6.07) is 8.98. The van der Waals surface area contributed by atoms with E-state index in [9.17, 15) is 4.79 Å². The normalized spacial score (nSPS) is 15.7. The lowest BCUT2D eigenvalue weighted by atomic mass is 9.99. The third-order valence-corrected chi connectivity index (χ3v) is 4.64. The number of fused-ring (bicyclic) bond motifs is 1. The molecule has 1 aromatic heterocycles. The molecule has 1 amide bonds. The third kappa shape index (κ3) is 4.41. The van der Waals surface area contributed by atoms with E-state index in [0.717, 1.165) is 32.5 Å². The van der Waals surface area contributed by atoms with Gasteiger partial charge in [-0.3, -0.25) is 14.4 Å². The van der Waals surface area contributed by atoms with Gasteiger partial charge >= 0.3 is 0 Å². The van der Waals surface area contributed by atoms with E-state index in [0.29, 0.717) is 19.0 Å². The van der Waals surface area contributed by atoms with Gasteiger partial charge in [0.2, 0.25) is 5.91 Å². The number of amides is 1. The Balaban J connectivity index is 1.37. The van der Waals surface area contributed by atoms with Crippen LogP contribution < -0.4 is 5.32 Å². The predicted octanol–water partition coefficient (Wildman–Crippen LogP) is 1.62. The molecule has 0 saturated carbocycles. The monoisotopic (exact) mass is 327 g/mol. The smallest absolute Gasteiger partial charge is 0.220 e. The van der Waals surface area contributed by atoms with Gasteiger partial charge in [-0.25, -0.2) is 4.98 Å². The van der Waals surface area contributed by atoms with Crippen LogP contribution in [0.15, 0.2) is 36.9 Å². The van der Waals surface area contributed by atoms with Crippen LogP contribution in [0.5, 0.6) is 0 Å². The quantitative estimate of drug-likeness (QED) is 0.839. The van der Waals surface area contributed by atoms with E-state index in [4.69, 9.17) is 0 Å². The van der Waals surface area contributed by atoms with Crippen molar-refractivity contribution in [2.24, 2.45) is 0 Å². The minimum Gasteiger partial charge on any atom is -0.355 e. The summed E-state index contributed by atoms with van der Waals surface area (Å²) in [6.45, 7) is 5.64. The molecule has 3 rings (SSSR count). The maximum Gasteiger partial charge on any atom is 0.220 e. The van der Waals surface area contributed by atoms with Crippen LogP contribution in [0.3, 0.4) is 0 Å². The summed E-state index contributed by atoms with van der Waals surface area (Å²) in [5.41, 5.74) is 2.87. The molecule has 6 heteroatoms. The maximum absolute atomic E-state index is 12.0. The number of carbonyl (C=O) groups excluding carboxylic acids is 1. The van der Waals surface area contributed by atoms with Crippen molar-refractivity contribution in [2.45, 2.75) is 45.3 Å². The number of hydrogen-bond donors (Lipinski definition) is 1. The van der Waals surface area contributed by atoms with Gasteiger partial charge in [-0.05, 0) is 30.9 Å². The zero-order valence-corrected chi connectivity index (χ0v) is 14.2. The number of rotatable bonds is 7. The van der Waals surface area contributed by atoms with E-state index in [1.54, 1.807) is 11.0 Å². The summed E-state index contributed by atoms with van der Waals surface area (Å²) < 4.78 is 1.75. The van der Waals surface area contributed by atoms with E-state index < -0.39 is 0 Å². The molecule has 6 nitrogen and oxygen atoms in total. The predicted molar refractivity (Wildman–Crippen MR) is 92.3 cm³/mol. The Morgan fingerprint density at radius 3 is 2.96 bits per heavy atom. The van der Waals surface area contributed by atoms with Crippen molar-refractivity contribution in [3.63, 3.8) is 0 Å². The highest BCUT2D eigenvalue weighted by Crippen LogP contribution is 2.19. The molecule has 0 radical (unpaired) electrons. The van der Waals surface area contributed by atoms with Crippen molar-refractivity contribution in [1.29, 1.82) is 0 Å². The molecule has 128 valence electrons. The number of benzene rings is 1. The molecule has 2 aromatic rings. The first kappa shape index (κ1) is 16.6. The summed E-state index contributed by atoms with van der Waals surface area (Å²) in [5, 5.41) is 7.09. The van der Waals surface area contributed by atoms with Gasteiger partial charge in [0.25, 0.3) is 0 Å². The molecule has 24 heavy (non-hydrogen) atoms. The summed E-state index contributed by atoms with van der Waals surface area (Å²) in [5.74, 6) is 0.111. The molecule has 0 aliphatic carbocycles. The Labute approximate surface area is 142 Å². The first-order chi connectivity index (χ1) is 11.7. The van der Waals surface area contributed by atoms with Crippen LogP contribution >= 0.6 is 0 Å². The fraction of sp³-hybridized carbons (Fsp3) is 0.500. The lowest BCUT2D eigenvalue weighted by Crippen LogP contribution is -2.44. The fourth-order valence-corrected chi connectivity index (χ4v) is 3.12. The topological polar surface area (TPSA) is 63.1 Å². The van der Waals surface area contributed by atoms with Gasteiger partial charge in [0.1, 0.15) is 12.7 Å². The van der Waals surface area contributed by atoms with Gasteiger partial charge in [-0.15, -0.1) is 0 Å². The highest BCUT2D eigenvalue weighted by molar-refractivity contribution is 5.75. The molecule has 2 heterocycles. The summed E-state index contributed by atoms with van der Waals surface area (Å²) in [6.07, 6.45) is 5.58. The Morgan fingerprint density at radius 2 is 2.17 bits per heavy atom. The largest absolute Gasteiger partial charge is 0.355 e. The van der Waals surface area contributed by atoms with Crippen LogP contribution in [0.1, 0.15) is 30.9 Å². The van der Waals surface area contributed by atoms with Crippen LogP contribution in [0.2, 0.25) is 0 Å². The highest BCUT2D eigenvalue weighted by atomic mass is 16.1. The molecule has 1 N–H and O–H groups in total. The van der Waals surface area contributed by atoms with Crippen molar-refractivity contribution in [2.75, 3.05) is 13.1 Å². The number of nitrogens with one attached hydrogen (secondary N) is 1. The van der Waals surface area contributed by atoms with Crippen molar-refractivity contribution < 1.29 is 4.79 Å². The Hall–Kier alpha value is -2.21. The lowest BCUT2D eigenvalue weighted by Gasteiger charge is -2.33. The second-order valence-corrected chi connectivity index (χ2v) is 6.40. The molecule has 0 fully saturated rings. The minimum atomic E-state index is 0.111. The molecule has 0 unspecified atom stereocenters. The maximum atomic E-state index is 12.0. The molecule has 0 saturated heterocycles. The van der Waals surface area contributed by atoms with E-state index in [-0.39, 0.29) is 5.91 Å². The molecule has 0 bridgehead atoms. The van der Waals surface area contributed by atoms with Crippen molar-refractivity contribution in [3.05, 3.63) is 48.0 Å². The Morgan fingerprint density at radius 1 is 1.33 bits per heavy atom. The Bertz CT molecular complexity index is 655. The Kier molecular flexibility index (Phi) is 5.59. The number of aromatic nitrogens is 3. The molecule has 0 spiro atoms. The standard InChI is InChI=1S/C18H25N5O/c1-15(22-10-8-16-5-2-3-6-17(16)12-22)11-20-18(24)7-4-9-23-14-19-13-21-23/h2-3,5-6,13-15H,4,7-12H2,1H3,(H,20,24)/t15-/m1/s1. The van der Waals surface area contributed by atoms with Gasteiger partial charge < -0.3 is 5.32 Å². The van der Waals surface area contributed by atoms with Crippen molar-refractivity contribution in [1.82, 2.24) is 25.0 Å². The van der Waals surface area contributed by atoms with Crippen LogP contribution in [0.4, 0.5) is 0 Å². The number of carbonyl (C=O) groups is 1. The van der Waals surface area contributed by atoms with Gasteiger partial charge in [-0.1, -0.05) is 24.3 Å². The number of nitrogens with zero attached hydrogens (tertiary/aromatic N) is 4. The van der Waals surface area contributed by atoms with E-state index in [1.807, 2.05) is 0 Å². The van der Waals surface area contributed by atoms with Gasteiger partial charge in [0, 0.05) is 38.6 Å². The first-order valence-electron chi connectivity index (χ1n) is 8.62. The van der Waals surface area contributed by atoms with Gasteiger partial charge in [-0.2, -0.15) is 5.10 Å². The van der Waals surface area contributed by atoms with Crippen LogP contribution in [0, 0.1) is 0 Å². The van der Waals surface area contributed by atoms with Crippen LogP contribution in [0.25, 0.3) is 0 Å². The zero-order valence-electron chi connectivity index (χ0n) is 14.2. The fourth-order valence-electron chi connectivity index (χ4n) is 3.12. The van der Waals surface area contributed by atoms with Crippen LogP contribution in [-0.2, 0) is 24.3 Å². The summed E-state index contributed by atoms with van der Waals surface area (Å²) >= 11 is 0.